The van der Waals surface area contributed by atoms with Crippen molar-refractivity contribution in [2.24, 2.45) is 0 Å². The largest absolute Gasteiger partial charge is 0.447 e. The van der Waals surface area contributed by atoms with Crippen molar-refractivity contribution in [3.63, 3.8) is 0 Å². The summed E-state index contributed by atoms with van der Waals surface area (Å²) < 4.78 is 4.95. The van der Waals surface area contributed by atoms with Crippen LogP contribution in [0.25, 0.3) is 0 Å². The molecule has 2 heterocycles. The second-order valence-corrected chi connectivity index (χ2v) is 6.93. The molecule has 0 aliphatic carbocycles. The number of nitro benzene ring substituents is 1. The van der Waals surface area contributed by atoms with Gasteiger partial charge in [0.2, 0.25) is 0 Å². The van der Waals surface area contributed by atoms with Gasteiger partial charge in [-0.15, -0.1) is 11.3 Å². The van der Waals surface area contributed by atoms with Crippen LogP contribution in [0.5, 0.6) is 0 Å². The molecule has 8 nitrogen and oxygen atoms in total. The van der Waals surface area contributed by atoms with E-state index in [4.69, 9.17) is 4.74 Å². The number of aryl methyl sites for hydroxylation is 2. The number of benzene rings is 1. The third-order valence-corrected chi connectivity index (χ3v) is 5.04. The Morgan fingerprint density at radius 1 is 1.44 bits per heavy atom. The number of hydrogen-bond donors (Lipinski definition) is 1. The van der Waals surface area contributed by atoms with E-state index < -0.39 is 11.0 Å². The summed E-state index contributed by atoms with van der Waals surface area (Å²) in [6, 6.07) is 4.45. The lowest BCUT2D eigenvalue weighted by molar-refractivity contribution is -0.384. The quantitative estimate of drug-likeness (QED) is 0.625. The van der Waals surface area contributed by atoms with Gasteiger partial charge in [-0.25, -0.2) is 9.78 Å². The van der Waals surface area contributed by atoms with E-state index in [2.05, 4.69) is 10.3 Å². The van der Waals surface area contributed by atoms with Crippen molar-refractivity contribution < 1.29 is 14.5 Å². The fourth-order valence-electron chi connectivity index (χ4n) is 2.73. The Labute approximate surface area is 148 Å². The molecule has 1 fully saturated rings. The van der Waals surface area contributed by atoms with E-state index in [0.717, 1.165) is 17.1 Å². The van der Waals surface area contributed by atoms with E-state index in [1.54, 1.807) is 17.4 Å². The monoisotopic (exact) mass is 362 g/mol. The van der Waals surface area contributed by atoms with Gasteiger partial charge in [0.25, 0.3) is 5.69 Å². The van der Waals surface area contributed by atoms with Gasteiger partial charge in [-0.3, -0.25) is 15.0 Å². The summed E-state index contributed by atoms with van der Waals surface area (Å²) in [5.74, 6) is 0. The first kappa shape index (κ1) is 17.2. The number of carbonyl (C=O) groups excluding carboxylic acids is 1. The number of aromatic nitrogens is 1. The second kappa shape index (κ2) is 7.06. The van der Waals surface area contributed by atoms with Crippen LogP contribution in [0.15, 0.2) is 18.2 Å². The molecular formula is C16H18N4O4S. The number of carbonyl (C=O) groups is 1. The third kappa shape index (κ3) is 3.71. The summed E-state index contributed by atoms with van der Waals surface area (Å²) in [5.41, 5.74) is 2.10. The number of ether oxygens (including phenoxy) is 1. The van der Waals surface area contributed by atoms with E-state index in [0.29, 0.717) is 24.5 Å². The summed E-state index contributed by atoms with van der Waals surface area (Å²) in [6.45, 7) is 5.25. The number of non-ortho nitro benzene ring substituents is 1. The predicted molar refractivity (Wildman–Crippen MR) is 95.6 cm³/mol. The molecule has 0 bridgehead atoms. The molecule has 0 spiro atoms. The maximum atomic E-state index is 11.9. The van der Waals surface area contributed by atoms with Crippen LogP contribution in [0.1, 0.15) is 15.6 Å². The lowest BCUT2D eigenvalue weighted by Gasteiger charge is -2.18. The Balaban J connectivity index is 1.78. The van der Waals surface area contributed by atoms with Crippen molar-refractivity contribution in [1.29, 1.82) is 0 Å². The van der Waals surface area contributed by atoms with Crippen LogP contribution >= 0.6 is 11.3 Å². The molecular weight excluding hydrogens is 344 g/mol. The highest BCUT2D eigenvalue weighted by molar-refractivity contribution is 7.11. The summed E-state index contributed by atoms with van der Waals surface area (Å²) >= 11 is 1.66. The minimum Gasteiger partial charge on any atom is -0.447 e. The molecule has 25 heavy (non-hydrogen) atoms. The van der Waals surface area contributed by atoms with E-state index in [9.17, 15) is 14.9 Å². The Hall–Kier alpha value is -2.68. The molecule has 1 aliphatic heterocycles. The Morgan fingerprint density at radius 2 is 2.24 bits per heavy atom. The predicted octanol–water partition coefficient (Wildman–Crippen LogP) is 3.28. The zero-order valence-corrected chi connectivity index (χ0v) is 14.8. The number of nitro groups is 1. The molecule has 0 atom stereocenters. The first-order valence-electron chi connectivity index (χ1n) is 7.85. The highest BCUT2D eigenvalue weighted by Crippen LogP contribution is 2.32. The van der Waals surface area contributed by atoms with Crippen LogP contribution in [-0.4, -0.2) is 35.7 Å². The molecule has 0 radical (unpaired) electrons. The third-order valence-electron chi connectivity index (χ3n) is 3.91. The summed E-state index contributed by atoms with van der Waals surface area (Å²) in [4.78, 5) is 29.4. The molecule has 1 aliphatic rings. The van der Waals surface area contributed by atoms with Gasteiger partial charge in [0.15, 0.2) is 0 Å². The summed E-state index contributed by atoms with van der Waals surface area (Å²) in [7, 11) is 0. The SMILES string of the molecule is Cc1nc(C)c(CCNc2ccc([N+](=O)[O-])cc2N2CCOC2=O)s1. The minimum absolute atomic E-state index is 0.0609. The van der Waals surface area contributed by atoms with E-state index in [1.807, 2.05) is 13.8 Å². The summed E-state index contributed by atoms with van der Waals surface area (Å²) in [5, 5.41) is 15.3. The average Bonchev–Trinajstić information content (AvgIpc) is 3.12. The van der Waals surface area contributed by atoms with Crippen molar-refractivity contribution in [2.45, 2.75) is 20.3 Å². The molecule has 3 rings (SSSR count). The number of nitrogens with zero attached hydrogens (tertiary/aromatic N) is 3. The maximum absolute atomic E-state index is 11.9. The average molecular weight is 362 g/mol. The molecule has 1 saturated heterocycles. The van der Waals surface area contributed by atoms with Gasteiger partial charge < -0.3 is 10.1 Å². The van der Waals surface area contributed by atoms with Gasteiger partial charge >= 0.3 is 6.09 Å². The fourth-order valence-corrected chi connectivity index (χ4v) is 3.67. The molecule has 1 amide bonds. The Kier molecular flexibility index (Phi) is 4.84. The Morgan fingerprint density at radius 3 is 2.84 bits per heavy atom. The molecule has 1 aromatic carbocycles. The lowest BCUT2D eigenvalue weighted by atomic mass is 10.2. The van der Waals surface area contributed by atoms with Gasteiger partial charge in [-0.2, -0.15) is 0 Å². The van der Waals surface area contributed by atoms with Crippen molar-refractivity contribution in [3.8, 4) is 0 Å². The van der Waals surface area contributed by atoms with Crippen molar-refractivity contribution >= 4 is 34.5 Å². The van der Waals surface area contributed by atoms with Crippen molar-refractivity contribution in [1.82, 2.24) is 4.98 Å². The summed E-state index contributed by atoms with van der Waals surface area (Å²) in [6.07, 6.45) is 0.301. The highest BCUT2D eigenvalue weighted by atomic mass is 32.1. The van der Waals surface area contributed by atoms with Crippen LogP contribution in [-0.2, 0) is 11.2 Å². The van der Waals surface area contributed by atoms with Crippen LogP contribution in [0.4, 0.5) is 21.9 Å². The number of cyclic esters (lactones) is 1. The number of nitrogens with one attached hydrogen (secondary N) is 1. The molecule has 9 heteroatoms. The van der Waals surface area contributed by atoms with E-state index in [-0.39, 0.29) is 12.3 Å². The van der Waals surface area contributed by atoms with E-state index in [1.165, 1.54) is 21.9 Å². The zero-order chi connectivity index (χ0) is 18.0. The standard InChI is InChI=1S/C16H18N4O4S/c1-10-15(25-11(2)18-10)5-6-17-13-4-3-12(20(22)23)9-14(13)19-7-8-24-16(19)21/h3-4,9,17H,5-8H2,1-2H3. The number of anilines is 2. The molecule has 0 unspecified atom stereocenters. The van der Waals surface area contributed by atoms with Crippen LogP contribution in [0, 0.1) is 24.0 Å². The van der Waals surface area contributed by atoms with Crippen LogP contribution in [0.2, 0.25) is 0 Å². The molecule has 132 valence electrons. The zero-order valence-electron chi connectivity index (χ0n) is 13.9. The number of thiazole rings is 1. The fraction of sp³-hybridized carbons (Fsp3) is 0.375. The van der Waals surface area contributed by atoms with E-state index >= 15 is 0 Å². The molecule has 0 saturated carbocycles. The van der Waals surface area contributed by atoms with Gasteiger partial charge in [0.1, 0.15) is 6.61 Å². The minimum atomic E-state index is -0.488. The number of rotatable bonds is 6. The van der Waals surface area contributed by atoms with Gasteiger partial charge in [0.05, 0.1) is 33.5 Å². The number of amides is 1. The Bertz CT molecular complexity index is 820. The van der Waals surface area contributed by atoms with Crippen molar-refractivity contribution in [3.05, 3.63) is 43.9 Å². The van der Waals surface area contributed by atoms with Crippen molar-refractivity contribution in [2.75, 3.05) is 29.9 Å². The topological polar surface area (TPSA) is 97.6 Å². The van der Waals surface area contributed by atoms with Crippen LogP contribution in [0.3, 0.4) is 0 Å². The van der Waals surface area contributed by atoms with Gasteiger partial charge in [-0.05, 0) is 19.9 Å². The highest BCUT2D eigenvalue weighted by Gasteiger charge is 2.27. The van der Waals surface area contributed by atoms with Gasteiger partial charge in [0, 0.05) is 30.0 Å². The van der Waals surface area contributed by atoms with Gasteiger partial charge in [-0.1, -0.05) is 0 Å². The normalized spacial score (nSPS) is 13.8. The molecule has 1 N–H and O–H groups in total. The lowest BCUT2D eigenvalue weighted by Crippen LogP contribution is -2.24. The first-order chi connectivity index (χ1) is 12.0. The molecule has 2 aromatic rings. The van der Waals surface area contributed by atoms with Crippen LogP contribution < -0.4 is 10.2 Å². The maximum Gasteiger partial charge on any atom is 0.414 e. The molecule has 1 aromatic heterocycles. The number of hydrogen-bond acceptors (Lipinski definition) is 7. The smallest absolute Gasteiger partial charge is 0.414 e. The second-order valence-electron chi connectivity index (χ2n) is 5.64. The first-order valence-corrected chi connectivity index (χ1v) is 8.67.